The van der Waals surface area contributed by atoms with Gasteiger partial charge in [0.25, 0.3) is 0 Å². The number of rotatable bonds is 6. The van der Waals surface area contributed by atoms with E-state index >= 15 is 0 Å². The Balaban J connectivity index is 1.33. The molecule has 31 heavy (non-hydrogen) atoms. The number of aromatic amines is 1. The molecular weight excluding hydrogens is 418 g/mol. The zero-order chi connectivity index (χ0) is 22.0. The van der Waals surface area contributed by atoms with Gasteiger partial charge < -0.3 is 14.6 Å². The summed E-state index contributed by atoms with van der Waals surface area (Å²) in [5.74, 6) is 0.884. The van der Waals surface area contributed by atoms with E-state index in [1.165, 1.54) is 10.5 Å². The molecule has 0 aromatic carbocycles. The van der Waals surface area contributed by atoms with E-state index in [2.05, 4.69) is 19.8 Å². The van der Waals surface area contributed by atoms with Gasteiger partial charge in [-0.25, -0.2) is 13.4 Å². The average molecular weight is 448 g/mol. The minimum absolute atomic E-state index is 0.131. The second-order valence-electron chi connectivity index (χ2n) is 8.05. The molecule has 2 aromatic heterocycles. The highest BCUT2D eigenvalue weighted by Crippen LogP contribution is 2.20. The number of Topliss-reactive ketones (excluding diaryl/α,β-unsaturated/α-hetero) is 1. The normalized spacial score (nSPS) is 19.0. The second-order valence-corrected chi connectivity index (χ2v) is 9.98. The third kappa shape index (κ3) is 4.82. The van der Waals surface area contributed by atoms with Crippen LogP contribution >= 0.6 is 0 Å². The van der Waals surface area contributed by atoms with Crippen molar-refractivity contribution in [3.05, 3.63) is 41.3 Å². The van der Waals surface area contributed by atoms with Gasteiger partial charge in [0.2, 0.25) is 10.0 Å². The van der Waals surface area contributed by atoms with Crippen molar-refractivity contribution < 1.29 is 17.9 Å². The number of ketones is 1. The molecule has 0 spiro atoms. The van der Waals surface area contributed by atoms with Crippen molar-refractivity contribution in [2.45, 2.75) is 18.7 Å². The first-order chi connectivity index (χ1) is 14.8. The molecule has 0 saturated carbocycles. The van der Waals surface area contributed by atoms with Crippen molar-refractivity contribution in [2.75, 3.05) is 63.9 Å². The Kier molecular flexibility index (Phi) is 6.42. The Morgan fingerprint density at radius 1 is 1.10 bits per heavy atom. The molecule has 168 valence electrons. The van der Waals surface area contributed by atoms with Crippen LogP contribution in [0.4, 0.5) is 5.82 Å². The zero-order valence-electron chi connectivity index (χ0n) is 18.0. The van der Waals surface area contributed by atoms with Gasteiger partial charge in [-0.15, -0.1) is 0 Å². The minimum Gasteiger partial charge on any atom is -0.379 e. The van der Waals surface area contributed by atoms with E-state index in [1.807, 2.05) is 19.9 Å². The Bertz CT molecular complexity index is 1020. The molecule has 10 heteroatoms. The maximum Gasteiger partial charge on any atom is 0.244 e. The minimum atomic E-state index is -3.54. The van der Waals surface area contributed by atoms with Gasteiger partial charge in [0, 0.05) is 62.4 Å². The number of piperazine rings is 1. The van der Waals surface area contributed by atoms with E-state index in [4.69, 9.17) is 4.74 Å². The van der Waals surface area contributed by atoms with E-state index in [0.717, 1.165) is 48.9 Å². The van der Waals surface area contributed by atoms with Crippen LogP contribution in [0.5, 0.6) is 0 Å². The van der Waals surface area contributed by atoms with Gasteiger partial charge in [-0.3, -0.25) is 9.69 Å². The van der Waals surface area contributed by atoms with Gasteiger partial charge in [-0.2, -0.15) is 4.31 Å². The number of nitrogens with zero attached hydrogens (tertiary/aromatic N) is 4. The molecule has 1 N–H and O–H groups in total. The lowest BCUT2D eigenvalue weighted by Gasteiger charge is -2.35. The highest BCUT2D eigenvalue weighted by Gasteiger charge is 2.27. The number of H-pyrrole nitrogens is 1. The third-order valence-corrected chi connectivity index (χ3v) is 7.72. The monoisotopic (exact) mass is 447 g/mol. The van der Waals surface area contributed by atoms with Crippen LogP contribution in [0.25, 0.3) is 0 Å². The molecule has 0 aliphatic carbocycles. The number of pyridine rings is 1. The van der Waals surface area contributed by atoms with Crippen LogP contribution in [0.2, 0.25) is 0 Å². The quantitative estimate of drug-likeness (QED) is 0.661. The maximum atomic E-state index is 12.7. The van der Waals surface area contributed by atoms with Gasteiger partial charge in [-0.05, 0) is 32.0 Å². The molecule has 4 rings (SSSR count). The van der Waals surface area contributed by atoms with Gasteiger partial charge in [0.15, 0.2) is 5.78 Å². The zero-order valence-corrected chi connectivity index (χ0v) is 18.8. The van der Waals surface area contributed by atoms with E-state index < -0.39 is 10.0 Å². The number of anilines is 1. The summed E-state index contributed by atoms with van der Waals surface area (Å²) in [4.78, 5) is 24.7. The summed E-state index contributed by atoms with van der Waals surface area (Å²) in [6, 6.07) is 5.30. The number of hydrogen-bond acceptors (Lipinski definition) is 7. The van der Waals surface area contributed by atoms with Crippen LogP contribution in [0.1, 0.15) is 21.7 Å². The molecule has 0 radical (unpaired) electrons. The smallest absolute Gasteiger partial charge is 0.244 e. The fourth-order valence-electron chi connectivity index (χ4n) is 4.09. The molecule has 2 saturated heterocycles. The lowest BCUT2D eigenvalue weighted by Crippen LogP contribution is -2.48. The largest absolute Gasteiger partial charge is 0.379 e. The van der Waals surface area contributed by atoms with E-state index in [-0.39, 0.29) is 10.7 Å². The molecule has 2 fully saturated rings. The lowest BCUT2D eigenvalue weighted by molar-refractivity contribution is 0.0730. The Labute approximate surface area is 183 Å². The van der Waals surface area contributed by atoms with Crippen LogP contribution in [-0.4, -0.2) is 92.4 Å². The average Bonchev–Trinajstić information content (AvgIpc) is 3.13. The molecule has 4 heterocycles. The number of morpholine rings is 1. The molecular formula is C21H29N5O4S. The first-order valence-electron chi connectivity index (χ1n) is 10.6. The Hall–Kier alpha value is -2.27. The van der Waals surface area contributed by atoms with Crippen molar-refractivity contribution in [3.63, 3.8) is 0 Å². The topological polar surface area (TPSA) is 98.8 Å². The van der Waals surface area contributed by atoms with Crippen molar-refractivity contribution in [1.29, 1.82) is 0 Å². The first-order valence-corrected chi connectivity index (χ1v) is 12.0. The van der Waals surface area contributed by atoms with Crippen LogP contribution in [0.3, 0.4) is 0 Å². The van der Waals surface area contributed by atoms with Crippen molar-refractivity contribution in [3.8, 4) is 0 Å². The number of ether oxygens (including phenoxy) is 1. The molecule has 0 amide bonds. The second kappa shape index (κ2) is 9.07. The summed E-state index contributed by atoms with van der Waals surface area (Å²) < 4.78 is 32.2. The Morgan fingerprint density at radius 3 is 2.39 bits per heavy atom. The predicted molar refractivity (Wildman–Crippen MR) is 117 cm³/mol. The number of sulfonamides is 1. The Morgan fingerprint density at radius 2 is 1.81 bits per heavy atom. The van der Waals surface area contributed by atoms with E-state index in [0.29, 0.717) is 32.8 Å². The van der Waals surface area contributed by atoms with Crippen LogP contribution in [0.15, 0.2) is 29.3 Å². The summed E-state index contributed by atoms with van der Waals surface area (Å²) in [7, 11) is -3.54. The van der Waals surface area contributed by atoms with Gasteiger partial charge >= 0.3 is 0 Å². The highest BCUT2D eigenvalue weighted by atomic mass is 32.2. The van der Waals surface area contributed by atoms with Crippen LogP contribution < -0.4 is 4.90 Å². The molecule has 0 unspecified atom stereocenters. The summed E-state index contributed by atoms with van der Waals surface area (Å²) in [6.45, 7) is 8.83. The van der Waals surface area contributed by atoms with Gasteiger partial charge in [-0.1, -0.05) is 0 Å². The number of nitrogens with one attached hydrogen (secondary N) is 1. The molecule has 2 aliphatic heterocycles. The SMILES string of the molecule is Cc1cc(C(=O)CN2CCN(c3ccc(S(=O)(=O)N4CCOCC4)cn3)CC2)c(C)[nH]1. The van der Waals surface area contributed by atoms with Gasteiger partial charge in [0.1, 0.15) is 10.7 Å². The number of hydrogen-bond donors (Lipinski definition) is 1. The van der Waals surface area contributed by atoms with Crippen molar-refractivity contribution in [2.24, 2.45) is 0 Å². The molecule has 2 aromatic rings. The molecule has 9 nitrogen and oxygen atoms in total. The summed E-state index contributed by atoms with van der Waals surface area (Å²) in [5.41, 5.74) is 2.67. The van der Waals surface area contributed by atoms with Gasteiger partial charge in [0.05, 0.1) is 19.8 Å². The summed E-state index contributed by atoms with van der Waals surface area (Å²) in [5, 5.41) is 0. The van der Waals surface area contributed by atoms with E-state index in [1.54, 1.807) is 12.1 Å². The predicted octanol–water partition coefficient (Wildman–Crippen LogP) is 1.05. The number of aryl methyl sites for hydroxylation is 2. The standard InChI is InChI=1S/C21H29N5O4S/c1-16-13-19(17(2)23-16)20(27)15-24-5-7-25(8-6-24)21-4-3-18(14-22-21)31(28,29)26-9-11-30-12-10-26/h3-4,13-14,23H,5-12,15H2,1-2H3. The summed E-state index contributed by atoms with van der Waals surface area (Å²) in [6.07, 6.45) is 1.44. The first kappa shape index (κ1) is 21.9. The number of carbonyl (C=O) groups is 1. The molecule has 0 atom stereocenters. The van der Waals surface area contributed by atoms with Crippen LogP contribution in [-0.2, 0) is 14.8 Å². The molecule has 2 aliphatic rings. The lowest BCUT2D eigenvalue weighted by atomic mass is 10.1. The van der Waals surface area contributed by atoms with Crippen molar-refractivity contribution >= 4 is 21.6 Å². The van der Waals surface area contributed by atoms with Crippen molar-refractivity contribution in [1.82, 2.24) is 19.2 Å². The third-order valence-electron chi connectivity index (χ3n) is 5.84. The fourth-order valence-corrected chi connectivity index (χ4v) is 5.44. The van der Waals surface area contributed by atoms with E-state index in [9.17, 15) is 13.2 Å². The maximum absolute atomic E-state index is 12.7. The molecule has 0 bridgehead atoms. The number of carbonyl (C=O) groups excluding carboxylic acids is 1. The fraction of sp³-hybridized carbons (Fsp3) is 0.524. The highest BCUT2D eigenvalue weighted by molar-refractivity contribution is 7.89. The summed E-state index contributed by atoms with van der Waals surface area (Å²) >= 11 is 0. The van der Waals surface area contributed by atoms with Crippen LogP contribution in [0, 0.1) is 13.8 Å². The number of aromatic nitrogens is 2.